The summed E-state index contributed by atoms with van der Waals surface area (Å²) in [7, 11) is 0. The summed E-state index contributed by atoms with van der Waals surface area (Å²) in [6, 6.07) is 7.50. The van der Waals surface area contributed by atoms with Gasteiger partial charge in [0.2, 0.25) is 0 Å². The Morgan fingerprint density at radius 2 is 1.70 bits per heavy atom. The molecule has 4 heteroatoms. The fourth-order valence-corrected chi connectivity index (χ4v) is 3.22. The molecule has 0 bridgehead atoms. The molecule has 2 rings (SSSR count). The van der Waals surface area contributed by atoms with E-state index in [0.29, 0.717) is 19.0 Å². The molecule has 0 aliphatic carbocycles. The molecular weight excluding hydrogens is 290 g/mol. The van der Waals surface area contributed by atoms with Crippen LogP contribution in [0.3, 0.4) is 0 Å². The third kappa shape index (κ3) is 4.64. The fraction of sp³-hybridized carbons (Fsp3) is 0.579. The molecule has 1 unspecified atom stereocenters. The van der Waals surface area contributed by atoms with Gasteiger partial charge in [0.05, 0.1) is 0 Å². The zero-order valence-corrected chi connectivity index (χ0v) is 14.3. The molecule has 1 aromatic rings. The maximum atomic E-state index is 12.6. The molecule has 126 valence electrons. The van der Waals surface area contributed by atoms with Gasteiger partial charge in [-0.05, 0) is 50.8 Å². The Balaban J connectivity index is 1.93. The number of rotatable bonds is 6. The number of aliphatic carboxylic acids is 1. The zero-order valence-electron chi connectivity index (χ0n) is 14.3. The minimum Gasteiger partial charge on any atom is -0.480 e. The van der Waals surface area contributed by atoms with E-state index in [0.717, 1.165) is 24.8 Å². The van der Waals surface area contributed by atoms with Crippen molar-refractivity contribution in [2.24, 2.45) is 11.8 Å². The summed E-state index contributed by atoms with van der Waals surface area (Å²) in [4.78, 5) is 25.6. The largest absolute Gasteiger partial charge is 0.480 e. The second-order valence-electron chi connectivity index (χ2n) is 6.98. The van der Waals surface area contributed by atoms with Crippen molar-refractivity contribution in [3.63, 3.8) is 0 Å². The molecule has 1 atom stereocenters. The molecule has 0 aromatic heterocycles. The first-order valence-electron chi connectivity index (χ1n) is 8.48. The van der Waals surface area contributed by atoms with Gasteiger partial charge in [0.1, 0.15) is 6.04 Å². The summed E-state index contributed by atoms with van der Waals surface area (Å²) in [6.07, 6.45) is 2.51. The predicted octanol–water partition coefficient (Wildman–Crippen LogP) is 3.25. The Morgan fingerprint density at radius 3 is 2.17 bits per heavy atom. The van der Waals surface area contributed by atoms with Crippen molar-refractivity contribution in [3.8, 4) is 0 Å². The molecule has 1 fully saturated rings. The Hall–Kier alpha value is -1.68. The summed E-state index contributed by atoms with van der Waals surface area (Å²) in [5, 5.41) is 9.07. The van der Waals surface area contributed by atoms with Crippen LogP contribution in [0.15, 0.2) is 24.3 Å². The van der Waals surface area contributed by atoms with E-state index in [1.54, 1.807) is 6.92 Å². The van der Waals surface area contributed by atoms with Gasteiger partial charge in [0.15, 0.2) is 5.78 Å². The van der Waals surface area contributed by atoms with Crippen LogP contribution < -0.4 is 0 Å². The quantitative estimate of drug-likeness (QED) is 0.818. The van der Waals surface area contributed by atoms with E-state index in [4.69, 9.17) is 5.11 Å². The summed E-state index contributed by atoms with van der Waals surface area (Å²) in [5.74, 6) is 0.0274. The number of carboxylic acids is 1. The first-order valence-corrected chi connectivity index (χ1v) is 8.48. The number of carbonyl (C=O) groups is 2. The monoisotopic (exact) mass is 317 g/mol. The van der Waals surface area contributed by atoms with Crippen molar-refractivity contribution in [3.05, 3.63) is 35.4 Å². The number of benzene rings is 1. The third-order valence-electron chi connectivity index (χ3n) is 4.69. The Bertz CT molecular complexity index is 542. The van der Waals surface area contributed by atoms with Gasteiger partial charge in [-0.2, -0.15) is 0 Å². The summed E-state index contributed by atoms with van der Waals surface area (Å²) < 4.78 is 0. The molecule has 0 radical (unpaired) electrons. The lowest BCUT2D eigenvalue weighted by atomic mass is 9.88. The van der Waals surface area contributed by atoms with E-state index in [1.807, 2.05) is 17.0 Å². The van der Waals surface area contributed by atoms with Crippen molar-refractivity contribution >= 4 is 11.8 Å². The molecule has 1 aromatic carbocycles. The number of Topliss-reactive ketones (excluding diaryl/α,β-unsaturated/α-hetero) is 1. The van der Waals surface area contributed by atoms with Crippen LogP contribution in [0.5, 0.6) is 0 Å². The van der Waals surface area contributed by atoms with Gasteiger partial charge in [-0.15, -0.1) is 0 Å². The van der Waals surface area contributed by atoms with Gasteiger partial charge in [-0.1, -0.05) is 38.1 Å². The summed E-state index contributed by atoms with van der Waals surface area (Å²) >= 11 is 0. The summed E-state index contributed by atoms with van der Waals surface area (Å²) in [6.45, 7) is 7.43. The topological polar surface area (TPSA) is 57.6 Å². The lowest BCUT2D eigenvalue weighted by Crippen LogP contribution is -2.45. The first-order chi connectivity index (χ1) is 10.9. The molecule has 1 heterocycles. The highest BCUT2D eigenvalue weighted by atomic mass is 16.4. The SMILES string of the molecule is CC(C)Cc1ccc(C(=O)C2CCN(C(C)C(=O)O)CC2)cc1. The maximum Gasteiger partial charge on any atom is 0.320 e. The van der Waals surface area contributed by atoms with Crippen LogP contribution in [0.4, 0.5) is 0 Å². The first kappa shape index (κ1) is 17.7. The van der Waals surface area contributed by atoms with Crippen molar-refractivity contribution in [2.75, 3.05) is 13.1 Å². The predicted molar refractivity (Wildman–Crippen MR) is 90.7 cm³/mol. The molecular formula is C19H27NO3. The number of hydrogen-bond donors (Lipinski definition) is 1. The minimum absolute atomic E-state index is 0.0168. The van der Waals surface area contributed by atoms with Crippen LogP contribution in [-0.2, 0) is 11.2 Å². The third-order valence-corrected chi connectivity index (χ3v) is 4.69. The minimum atomic E-state index is -0.796. The zero-order chi connectivity index (χ0) is 17.0. The van der Waals surface area contributed by atoms with Crippen LogP contribution in [0.2, 0.25) is 0 Å². The second kappa shape index (κ2) is 7.73. The van der Waals surface area contributed by atoms with Gasteiger partial charge in [-0.25, -0.2) is 0 Å². The molecule has 1 aliphatic heterocycles. The highest BCUT2D eigenvalue weighted by Crippen LogP contribution is 2.23. The average Bonchev–Trinajstić information content (AvgIpc) is 2.53. The van der Waals surface area contributed by atoms with Crippen LogP contribution >= 0.6 is 0 Å². The number of hydrogen-bond acceptors (Lipinski definition) is 3. The van der Waals surface area contributed by atoms with Gasteiger partial charge in [-0.3, -0.25) is 14.5 Å². The average molecular weight is 317 g/mol. The van der Waals surface area contributed by atoms with E-state index >= 15 is 0 Å². The van der Waals surface area contributed by atoms with E-state index in [2.05, 4.69) is 26.0 Å². The molecule has 0 spiro atoms. The van der Waals surface area contributed by atoms with Crippen LogP contribution in [-0.4, -0.2) is 40.9 Å². The summed E-state index contributed by atoms with van der Waals surface area (Å²) in [5.41, 5.74) is 2.05. The normalized spacial score (nSPS) is 18.1. The molecule has 1 aliphatic rings. The van der Waals surface area contributed by atoms with Crippen molar-refractivity contribution in [2.45, 2.75) is 46.1 Å². The number of piperidine rings is 1. The van der Waals surface area contributed by atoms with Crippen molar-refractivity contribution in [1.82, 2.24) is 4.90 Å². The van der Waals surface area contributed by atoms with E-state index in [-0.39, 0.29) is 11.7 Å². The fourth-order valence-electron chi connectivity index (χ4n) is 3.22. The highest BCUT2D eigenvalue weighted by Gasteiger charge is 2.29. The molecule has 23 heavy (non-hydrogen) atoms. The number of likely N-dealkylation sites (tertiary alicyclic amines) is 1. The van der Waals surface area contributed by atoms with Crippen molar-refractivity contribution < 1.29 is 14.7 Å². The Labute approximate surface area is 138 Å². The van der Waals surface area contributed by atoms with Gasteiger partial charge < -0.3 is 5.11 Å². The van der Waals surface area contributed by atoms with Gasteiger partial charge in [0.25, 0.3) is 0 Å². The smallest absolute Gasteiger partial charge is 0.320 e. The lowest BCUT2D eigenvalue weighted by Gasteiger charge is -2.33. The molecule has 1 saturated heterocycles. The van der Waals surface area contributed by atoms with Crippen LogP contribution in [0.25, 0.3) is 0 Å². The second-order valence-corrected chi connectivity index (χ2v) is 6.98. The van der Waals surface area contributed by atoms with E-state index in [9.17, 15) is 9.59 Å². The Kier molecular flexibility index (Phi) is 5.94. The lowest BCUT2D eigenvalue weighted by molar-refractivity contribution is -0.143. The van der Waals surface area contributed by atoms with Crippen LogP contribution in [0, 0.1) is 11.8 Å². The standard InChI is InChI=1S/C19H27NO3/c1-13(2)12-15-4-6-16(7-5-15)18(21)17-8-10-20(11-9-17)14(3)19(22)23/h4-7,13-14,17H,8-12H2,1-3H3,(H,22,23). The number of carboxylic acid groups (broad SMARTS) is 1. The number of carbonyl (C=O) groups excluding carboxylic acids is 1. The van der Waals surface area contributed by atoms with Crippen LogP contribution in [0.1, 0.15) is 49.5 Å². The molecule has 4 nitrogen and oxygen atoms in total. The molecule has 0 saturated carbocycles. The highest BCUT2D eigenvalue weighted by molar-refractivity contribution is 5.97. The van der Waals surface area contributed by atoms with E-state index in [1.165, 1.54) is 5.56 Å². The maximum absolute atomic E-state index is 12.6. The Morgan fingerprint density at radius 1 is 1.13 bits per heavy atom. The van der Waals surface area contributed by atoms with Gasteiger partial charge in [0, 0.05) is 11.5 Å². The number of ketones is 1. The molecule has 1 N–H and O–H groups in total. The van der Waals surface area contributed by atoms with Gasteiger partial charge >= 0.3 is 5.97 Å². The van der Waals surface area contributed by atoms with E-state index < -0.39 is 12.0 Å². The van der Waals surface area contributed by atoms with Crippen molar-refractivity contribution in [1.29, 1.82) is 0 Å². The molecule has 0 amide bonds. The number of nitrogens with zero attached hydrogens (tertiary/aromatic N) is 1.